The zero-order chi connectivity index (χ0) is 15.7. The zero-order valence-corrected chi connectivity index (χ0v) is 13.7. The summed E-state index contributed by atoms with van der Waals surface area (Å²) >= 11 is 0. The number of rotatable bonds is 4. The van der Waals surface area contributed by atoms with Gasteiger partial charge in [-0.15, -0.1) is 0 Å². The lowest BCUT2D eigenvalue weighted by Gasteiger charge is -2.31. The summed E-state index contributed by atoms with van der Waals surface area (Å²) in [6, 6.07) is 5.55. The number of piperazine rings is 1. The largest absolute Gasteiger partial charge is 0.312 e. The highest BCUT2D eigenvalue weighted by molar-refractivity contribution is 7.91. The smallest absolute Gasteiger partial charge is 0.243 e. The first-order valence-electron chi connectivity index (χ1n) is 6.83. The number of sulfonamides is 1. The highest BCUT2D eigenvalue weighted by Crippen LogP contribution is 2.20. The Labute approximate surface area is 126 Å². The second-order valence-electron chi connectivity index (χ2n) is 5.09. The maximum absolute atomic E-state index is 12.5. The summed E-state index contributed by atoms with van der Waals surface area (Å²) < 4.78 is 49.9. The molecule has 1 heterocycles. The molecular formula is C13H20N2O4S2. The van der Waals surface area contributed by atoms with Crippen molar-refractivity contribution in [3.63, 3.8) is 0 Å². The van der Waals surface area contributed by atoms with Crippen molar-refractivity contribution in [2.45, 2.75) is 29.7 Å². The predicted octanol–water partition coefficient (Wildman–Crippen LogP) is 0.463. The zero-order valence-electron chi connectivity index (χ0n) is 12.1. The monoisotopic (exact) mass is 332 g/mol. The predicted molar refractivity (Wildman–Crippen MR) is 80.4 cm³/mol. The van der Waals surface area contributed by atoms with Gasteiger partial charge in [-0.3, -0.25) is 0 Å². The molecule has 0 radical (unpaired) electrons. The average Bonchev–Trinajstić information content (AvgIpc) is 2.47. The summed E-state index contributed by atoms with van der Waals surface area (Å²) in [5.74, 6) is -0.00555. The molecular weight excluding hydrogens is 312 g/mol. The van der Waals surface area contributed by atoms with Crippen LogP contribution in [0.2, 0.25) is 0 Å². The fraction of sp³-hybridized carbons (Fsp3) is 0.538. The van der Waals surface area contributed by atoms with Gasteiger partial charge in [-0.25, -0.2) is 16.8 Å². The van der Waals surface area contributed by atoms with E-state index in [1.807, 2.05) is 6.92 Å². The van der Waals surface area contributed by atoms with Crippen LogP contribution in [0.3, 0.4) is 0 Å². The third-order valence-electron chi connectivity index (χ3n) is 3.53. The summed E-state index contributed by atoms with van der Waals surface area (Å²) in [5.41, 5.74) is 0. The van der Waals surface area contributed by atoms with Crippen LogP contribution in [0, 0.1) is 0 Å². The summed E-state index contributed by atoms with van der Waals surface area (Å²) in [6.07, 6.45) is 0. The lowest BCUT2D eigenvalue weighted by molar-refractivity contribution is 0.310. The first kappa shape index (κ1) is 16.4. The van der Waals surface area contributed by atoms with Crippen LogP contribution in [0.25, 0.3) is 0 Å². The van der Waals surface area contributed by atoms with E-state index in [0.29, 0.717) is 19.6 Å². The number of nitrogens with zero attached hydrogens (tertiary/aromatic N) is 1. The van der Waals surface area contributed by atoms with Crippen molar-refractivity contribution in [2.75, 3.05) is 25.4 Å². The van der Waals surface area contributed by atoms with Crippen molar-refractivity contribution < 1.29 is 16.8 Å². The van der Waals surface area contributed by atoms with Crippen molar-refractivity contribution in [2.24, 2.45) is 0 Å². The SMILES string of the molecule is CCS(=O)(=O)c1ccc(S(=O)(=O)N2CCN[C@H](C)C2)cc1. The van der Waals surface area contributed by atoms with Gasteiger partial charge in [-0.2, -0.15) is 4.31 Å². The van der Waals surface area contributed by atoms with Crippen LogP contribution >= 0.6 is 0 Å². The normalized spacial score (nSPS) is 21.3. The summed E-state index contributed by atoms with van der Waals surface area (Å²) in [4.78, 5) is 0.282. The maximum Gasteiger partial charge on any atom is 0.243 e. The molecule has 0 bridgehead atoms. The average molecular weight is 332 g/mol. The standard InChI is InChI=1S/C13H20N2O4S2/c1-3-20(16,17)12-4-6-13(7-5-12)21(18,19)15-9-8-14-11(2)10-15/h4-7,11,14H,3,8-10H2,1-2H3/t11-/m1/s1. The van der Waals surface area contributed by atoms with Gasteiger partial charge in [0.25, 0.3) is 0 Å². The maximum atomic E-state index is 12.5. The Bertz CT molecular complexity index is 696. The fourth-order valence-electron chi connectivity index (χ4n) is 2.25. The van der Waals surface area contributed by atoms with Gasteiger partial charge in [0.05, 0.1) is 15.5 Å². The fourth-order valence-corrected chi connectivity index (χ4v) is 4.66. The Kier molecular flexibility index (Phi) is 4.72. The molecule has 0 amide bonds. The first-order chi connectivity index (χ1) is 9.77. The third kappa shape index (κ3) is 3.45. The summed E-state index contributed by atoms with van der Waals surface area (Å²) in [5, 5.41) is 3.19. The molecule has 1 aliphatic heterocycles. The van der Waals surface area contributed by atoms with Gasteiger partial charge in [0.1, 0.15) is 0 Å². The Balaban J connectivity index is 2.29. The van der Waals surface area contributed by atoms with Crippen molar-refractivity contribution in [3.05, 3.63) is 24.3 Å². The van der Waals surface area contributed by atoms with Crippen molar-refractivity contribution >= 4 is 19.9 Å². The van der Waals surface area contributed by atoms with Crippen molar-refractivity contribution in [3.8, 4) is 0 Å². The Morgan fingerprint density at radius 2 is 1.71 bits per heavy atom. The van der Waals surface area contributed by atoms with E-state index in [1.165, 1.54) is 28.6 Å². The molecule has 118 valence electrons. The molecule has 1 aromatic carbocycles. The molecule has 1 saturated heterocycles. The van der Waals surface area contributed by atoms with E-state index in [1.54, 1.807) is 6.92 Å². The molecule has 8 heteroatoms. The molecule has 1 fully saturated rings. The van der Waals surface area contributed by atoms with Gasteiger partial charge in [0.2, 0.25) is 10.0 Å². The third-order valence-corrected chi connectivity index (χ3v) is 7.16. The minimum atomic E-state index is -3.57. The minimum absolute atomic E-state index is 0.00555. The van der Waals surface area contributed by atoms with Crippen LogP contribution in [0.4, 0.5) is 0 Å². The van der Waals surface area contributed by atoms with Gasteiger partial charge in [-0.05, 0) is 31.2 Å². The second-order valence-corrected chi connectivity index (χ2v) is 9.31. The van der Waals surface area contributed by atoms with Crippen LogP contribution in [-0.2, 0) is 19.9 Å². The van der Waals surface area contributed by atoms with Gasteiger partial charge in [-0.1, -0.05) is 6.92 Å². The number of benzene rings is 1. The van der Waals surface area contributed by atoms with Gasteiger partial charge in [0, 0.05) is 25.7 Å². The number of hydrogen-bond donors (Lipinski definition) is 1. The molecule has 6 nitrogen and oxygen atoms in total. The molecule has 0 saturated carbocycles. The van der Waals surface area contributed by atoms with Crippen LogP contribution in [0.15, 0.2) is 34.1 Å². The summed E-state index contributed by atoms with van der Waals surface area (Å²) in [6.45, 7) is 4.93. The molecule has 2 rings (SSSR count). The molecule has 1 atom stereocenters. The molecule has 21 heavy (non-hydrogen) atoms. The van der Waals surface area contributed by atoms with E-state index < -0.39 is 19.9 Å². The van der Waals surface area contributed by atoms with Crippen LogP contribution in [-0.4, -0.2) is 52.6 Å². The van der Waals surface area contributed by atoms with Crippen LogP contribution in [0.5, 0.6) is 0 Å². The van der Waals surface area contributed by atoms with E-state index >= 15 is 0 Å². The van der Waals surface area contributed by atoms with E-state index in [0.717, 1.165) is 0 Å². The lowest BCUT2D eigenvalue weighted by Crippen LogP contribution is -2.51. The molecule has 1 aliphatic rings. The van der Waals surface area contributed by atoms with E-state index in [9.17, 15) is 16.8 Å². The molecule has 1 aromatic rings. The Morgan fingerprint density at radius 1 is 1.14 bits per heavy atom. The van der Waals surface area contributed by atoms with Gasteiger partial charge < -0.3 is 5.32 Å². The Hall–Kier alpha value is -0.960. The first-order valence-corrected chi connectivity index (χ1v) is 9.93. The minimum Gasteiger partial charge on any atom is -0.312 e. The van der Waals surface area contributed by atoms with Crippen molar-refractivity contribution in [1.29, 1.82) is 0 Å². The van der Waals surface area contributed by atoms with Crippen LogP contribution < -0.4 is 5.32 Å². The Morgan fingerprint density at radius 3 is 2.24 bits per heavy atom. The molecule has 0 aromatic heterocycles. The van der Waals surface area contributed by atoms with Crippen LogP contribution in [0.1, 0.15) is 13.8 Å². The highest BCUT2D eigenvalue weighted by Gasteiger charge is 2.28. The number of nitrogens with one attached hydrogen (secondary N) is 1. The number of hydrogen-bond acceptors (Lipinski definition) is 5. The van der Waals surface area contributed by atoms with E-state index in [4.69, 9.17) is 0 Å². The van der Waals surface area contributed by atoms with E-state index in [-0.39, 0.29) is 21.6 Å². The molecule has 0 unspecified atom stereocenters. The lowest BCUT2D eigenvalue weighted by atomic mass is 10.3. The second kappa shape index (κ2) is 6.04. The molecule has 1 N–H and O–H groups in total. The van der Waals surface area contributed by atoms with Gasteiger partial charge >= 0.3 is 0 Å². The number of sulfone groups is 1. The quantitative estimate of drug-likeness (QED) is 0.866. The van der Waals surface area contributed by atoms with Gasteiger partial charge in [0.15, 0.2) is 9.84 Å². The topological polar surface area (TPSA) is 83.5 Å². The molecule has 0 aliphatic carbocycles. The summed E-state index contributed by atoms with van der Waals surface area (Å²) in [7, 11) is -6.88. The van der Waals surface area contributed by atoms with Crippen molar-refractivity contribution in [1.82, 2.24) is 9.62 Å². The highest BCUT2D eigenvalue weighted by atomic mass is 32.2. The van der Waals surface area contributed by atoms with E-state index in [2.05, 4.69) is 5.32 Å². The molecule has 0 spiro atoms.